The Balaban J connectivity index is 1.38. The van der Waals surface area contributed by atoms with Gasteiger partial charge in [-0.15, -0.1) is 0 Å². The van der Waals surface area contributed by atoms with E-state index in [2.05, 4.69) is 47.2 Å². The van der Waals surface area contributed by atoms with Gasteiger partial charge in [-0.05, 0) is 116 Å². The molecule has 2 fully saturated rings. The van der Waals surface area contributed by atoms with Crippen molar-refractivity contribution in [1.82, 2.24) is 4.98 Å². The minimum absolute atomic E-state index is 0.402. The molecule has 0 aliphatic heterocycles. The molecule has 3 aromatic carbocycles. The molecule has 0 spiro atoms. The van der Waals surface area contributed by atoms with Crippen molar-refractivity contribution >= 4 is 45.7 Å². The number of anilines is 4. The minimum atomic E-state index is 0.402. The topological polar surface area (TPSA) is 48.8 Å². The summed E-state index contributed by atoms with van der Waals surface area (Å²) in [6, 6.07) is 26.4. The van der Waals surface area contributed by atoms with E-state index in [0.29, 0.717) is 10.8 Å². The van der Waals surface area contributed by atoms with Crippen molar-refractivity contribution in [2.75, 3.05) is 31.0 Å². The van der Waals surface area contributed by atoms with Crippen molar-refractivity contribution in [3.05, 3.63) is 118 Å². The van der Waals surface area contributed by atoms with Crippen molar-refractivity contribution in [3.8, 4) is 5.75 Å². The molecule has 0 radical (unpaired) electrons. The van der Waals surface area contributed by atoms with Gasteiger partial charge in [-0.2, -0.15) is 0 Å². The Bertz CT molecular complexity index is 1600. The van der Waals surface area contributed by atoms with Crippen LogP contribution in [-0.2, 0) is 0 Å². The van der Waals surface area contributed by atoms with E-state index in [0.717, 1.165) is 82.1 Å². The molecule has 6 rings (SSSR count). The van der Waals surface area contributed by atoms with E-state index in [1.54, 1.807) is 7.11 Å². The Kier molecular flexibility index (Phi) is 6.99. The van der Waals surface area contributed by atoms with E-state index in [-0.39, 0.29) is 0 Å². The molecule has 40 heavy (non-hydrogen) atoms. The zero-order valence-corrected chi connectivity index (χ0v) is 23.7. The molecule has 5 nitrogen and oxygen atoms in total. The summed E-state index contributed by atoms with van der Waals surface area (Å²) in [6.45, 7) is 0. The molecular formula is C34H32ClN3O2. The fourth-order valence-electron chi connectivity index (χ4n) is 4.94. The van der Waals surface area contributed by atoms with Crippen LogP contribution in [-0.4, -0.2) is 31.3 Å². The number of methoxy groups -OCH3 is 1. The van der Waals surface area contributed by atoms with Crippen LogP contribution in [0.4, 0.5) is 22.7 Å². The number of ether oxygens (including phenoxy) is 1. The molecule has 1 N–H and O–H groups in total. The zero-order chi connectivity index (χ0) is 27.8. The number of pyridine rings is 1. The van der Waals surface area contributed by atoms with Crippen molar-refractivity contribution in [3.63, 3.8) is 0 Å². The number of hydrogen-bond donors (Lipinski definition) is 1. The third kappa shape index (κ3) is 5.43. The zero-order valence-electron chi connectivity index (χ0n) is 23.0. The SMILES string of the molecule is COc1ccc(N(C)c2cc(C(O)=C3CC3)cc(C(=C3CC3)c3ccc(N(C)c4ccc(Cl)cc4)cn3)c2)cc1. The largest absolute Gasteiger partial charge is 0.507 e. The van der Waals surface area contributed by atoms with Gasteiger partial charge in [-0.1, -0.05) is 17.2 Å². The maximum atomic E-state index is 11.1. The van der Waals surface area contributed by atoms with Gasteiger partial charge >= 0.3 is 0 Å². The molecule has 0 saturated heterocycles. The highest BCUT2D eigenvalue weighted by Crippen LogP contribution is 2.43. The number of rotatable bonds is 8. The Labute approximate surface area is 240 Å². The van der Waals surface area contributed by atoms with Gasteiger partial charge in [0.05, 0.1) is 24.7 Å². The van der Waals surface area contributed by atoms with Crippen LogP contribution in [0.25, 0.3) is 11.3 Å². The van der Waals surface area contributed by atoms with Crippen LogP contribution in [0, 0.1) is 0 Å². The number of halogens is 1. The molecule has 4 aromatic rings. The number of hydrogen-bond acceptors (Lipinski definition) is 5. The summed E-state index contributed by atoms with van der Waals surface area (Å²) in [6.07, 6.45) is 5.95. The van der Waals surface area contributed by atoms with Gasteiger partial charge in [0.25, 0.3) is 0 Å². The predicted molar refractivity (Wildman–Crippen MR) is 165 cm³/mol. The van der Waals surface area contributed by atoms with Crippen molar-refractivity contribution < 1.29 is 9.84 Å². The van der Waals surface area contributed by atoms with Gasteiger partial charge in [0, 0.05) is 47.3 Å². The molecule has 202 valence electrons. The van der Waals surface area contributed by atoms with Crippen molar-refractivity contribution in [1.29, 1.82) is 0 Å². The number of aliphatic hydroxyl groups excluding tert-OH is 1. The van der Waals surface area contributed by atoms with Gasteiger partial charge in [-0.25, -0.2) is 0 Å². The Morgan fingerprint density at radius 3 is 1.88 bits per heavy atom. The monoisotopic (exact) mass is 549 g/mol. The van der Waals surface area contributed by atoms with Crippen LogP contribution >= 0.6 is 11.6 Å². The molecule has 2 saturated carbocycles. The highest BCUT2D eigenvalue weighted by atomic mass is 35.5. The maximum Gasteiger partial charge on any atom is 0.122 e. The lowest BCUT2D eigenvalue weighted by Crippen LogP contribution is -2.11. The average Bonchev–Trinajstić information content (AvgIpc) is 3.92. The van der Waals surface area contributed by atoms with Crippen LogP contribution in [0.3, 0.4) is 0 Å². The Morgan fingerprint density at radius 2 is 1.30 bits per heavy atom. The molecule has 1 heterocycles. The van der Waals surface area contributed by atoms with E-state index < -0.39 is 0 Å². The second kappa shape index (κ2) is 10.7. The fourth-order valence-corrected chi connectivity index (χ4v) is 5.06. The van der Waals surface area contributed by atoms with Crippen LogP contribution in [0.2, 0.25) is 5.02 Å². The first-order chi connectivity index (χ1) is 19.4. The van der Waals surface area contributed by atoms with Gasteiger partial charge in [0.15, 0.2) is 0 Å². The number of aliphatic hydroxyl groups is 1. The summed E-state index contributed by atoms with van der Waals surface area (Å²) >= 11 is 6.08. The molecule has 0 unspecified atom stereocenters. The first-order valence-electron chi connectivity index (χ1n) is 13.5. The van der Waals surface area contributed by atoms with Crippen LogP contribution in [0.1, 0.15) is 42.5 Å². The molecule has 6 heteroatoms. The molecule has 0 atom stereocenters. The summed E-state index contributed by atoms with van der Waals surface area (Å²) in [4.78, 5) is 9.17. The third-order valence-electron chi connectivity index (χ3n) is 7.62. The van der Waals surface area contributed by atoms with Gasteiger partial charge in [0.2, 0.25) is 0 Å². The highest BCUT2D eigenvalue weighted by Gasteiger charge is 2.25. The van der Waals surface area contributed by atoms with E-state index in [1.807, 2.05) is 61.8 Å². The van der Waals surface area contributed by atoms with Gasteiger partial charge in [0.1, 0.15) is 11.5 Å². The van der Waals surface area contributed by atoms with E-state index in [4.69, 9.17) is 21.3 Å². The normalized spacial score (nSPS) is 13.6. The van der Waals surface area contributed by atoms with Crippen molar-refractivity contribution in [2.24, 2.45) is 0 Å². The lowest BCUT2D eigenvalue weighted by molar-refractivity contribution is 0.415. The summed E-state index contributed by atoms with van der Waals surface area (Å²) in [5.74, 6) is 1.22. The van der Waals surface area contributed by atoms with E-state index in [9.17, 15) is 5.11 Å². The average molecular weight is 550 g/mol. The fraction of sp³-hybridized carbons (Fsp3) is 0.206. The molecule has 2 aliphatic carbocycles. The van der Waals surface area contributed by atoms with Crippen LogP contribution < -0.4 is 14.5 Å². The molecular weight excluding hydrogens is 518 g/mol. The number of nitrogens with zero attached hydrogens (tertiary/aromatic N) is 3. The standard InChI is InChI=1S/C34H32ClN3O2/c1-37(27-10-8-26(35)9-11-27)29-14-17-32(36-21-29)33(22-4-5-22)24-18-25(34(39)23-6-7-23)20-30(19-24)38(2)28-12-15-31(40-3)16-13-28/h8-21,39H,4-7H2,1-3H3. The second-order valence-corrected chi connectivity index (χ2v) is 10.8. The Morgan fingerprint density at radius 1 is 0.725 bits per heavy atom. The number of allylic oxidation sites excluding steroid dienone is 2. The smallest absolute Gasteiger partial charge is 0.122 e. The maximum absolute atomic E-state index is 11.1. The first kappa shape index (κ1) is 26.0. The lowest BCUT2D eigenvalue weighted by Gasteiger charge is -2.23. The van der Waals surface area contributed by atoms with Crippen molar-refractivity contribution in [2.45, 2.75) is 25.7 Å². The second-order valence-electron chi connectivity index (χ2n) is 10.4. The first-order valence-corrected chi connectivity index (χ1v) is 13.9. The molecule has 2 aliphatic rings. The van der Waals surface area contributed by atoms with Gasteiger partial charge < -0.3 is 19.6 Å². The molecule has 0 amide bonds. The van der Waals surface area contributed by atoms with E-state index in [1.165, 1.54) is 5.57 Å². The summed E-state index contributed by atoms with van der Waals surface area (Å²) in [7, 11) is 5.75. The van der Waals surface area contributed by atoms with Crippen LogP contribution in [0.15, 0.2) is 96.2 Å². The van der Waals surface area contributed by atoms with Crippen LogP contribution in [0.5, 0.6) is 5.75 Å². The quantitative estimate of drug-likeness (QED) is 0.222. The molecule has 1 aromatic heterocycles. The highest BCUT2D eigenvalue weighted by molar-refractivity contribution is 6.30. The predicted octanol–water partition coefficient (Wildman–Crippen LogP) is 8.94. The number of aromatic nitrogens is 1. The van der Waals surface area contributed by atoms with E-state index >= 15 is 0 Å². The third-order valence-corrected chi connectivity index (χ3v) is 7.87. The van der Waals surface area contributed by atoms with Gasteiger partial charge in [-0.3, -0.25) is 4.98 Å². The minimum Gasteiger partial charge on any atom is -0.507 e. The number of benzene rings is 3. The summed E-state index contributed by atoms with van der Waals surface area (Å²) in [5.41, 5.74) is 10.6. The Hall–Kier alpha value is -4.22. The summed E-state index contributed by atoms with van der Waals surface area (Å²) in [5, 5.41) is 11.8. The molecule has 0 bridgehead atoms. The summed E-state index contributed by atoms with van der Waals surface area (Å²) < 4.78 is 5.35. The lowest BCUT2D eigenvalue weighted by atomic mass is 9.96.